The summed E-state index contributed by atoms with van der Waals surface area (Å²) in [6.07, 6.45) is -0.612. The lowest BCUT2D eigenvalue weighted by Crippen LogP contribution is -2.18. The molecule has 0 aliphatic rings. The molecule has 4 nitrogen and oxygen atoms in total. The van der Waals surface area contributed by atoms with E-state index in [1.54, 1.807) is 0 Å². The highest BCUT2D eigenvalue weighted by Gasteiger charge is 2.36. The number of methoxy groups -OCH3 is 1. The molecule has 0 fully saturated rings. The maximum Gasteiger partial charge on any atom is 0.416 e. The van der Waals surface area contributed by atoms with E-state index in [1.165, 1.54) is 19.1 Å². The first kappa shape index (κ1) is 42.7. The van der Waals surface area contributed by atoms with Gasteiger partial charge in [0, 0.05) is 19.7 Å². The van der Waals surface area contributed by atoms with Crippen LogP contribution in [0.5, 0.6) is 0 Å². The van der Waals surface area contributed by atoms with Crippen LogP contribution in [-0.2, 0) is 28.5 Å². The predicted molar refractivity (Wildman–Crippen MR) is 146 cm³/mol. The van der Waals surface area contributed by atoms with Gasteiger partial charge in [0.05, 0.1) is 17.7 Å². The Morgan fingerprint density at radius 1 is 1.05 bits per heavy atom. The maximum atomic E-state index is 12.4. The Morgan fingerprint density at radius 3 is 1.84 bits per heavy atom. The van der Waals surface area contributed by atoms with Gasteiger partial charge in [-0.1, -0.05) is 45.4 Å². The van der Waals surface area contributed by atoms with E-state index in [2.05, 4.69) is 36.6 Å². The summed E-state index contributed by atoms with van der Waals surface area (Å²) in [5.74, 6) is 0. The van der Waals surface area contributed by atoms with Crippen LogP contribution in [0.4, 0.5) is 26.3 Å². The Labute approximate surface area is 225 Å². The van der Waals surface area contributed by atoms with Crippen LogP contribution in [0.15, 0.2) is 42.5 Å². The van der Waals surface area contributed by atoms with Crippen LogP contribution in [0.25, 0.3) is 0 Å². The molecule has 0 spiro atoms. The molecule has 1 aromatic carbocycles. The molecule has 224 valence electrons. The normalized spacial score (nSPS) is 11.5. The summed E-state index contributed by atoms with van der Waals surface area (Å²) in [6, 6.07) is 1.61. The van der Waals surface area contributed by atoms with Crippen LogP contribution in [0.3, 0.4) is 0 Å². The molecule has 1 amide bonds. The largest absolute Gasteiger partial charge is 0.416 e. The van der Waals surface area contributed by atoms with Gasteiger partial charge in [-0.3, -0.25) is 4.79 Å². The topological polar surface area (TPSA) is 64.3 Å². The second-order valence-electron chi connectivity index (χ2n) is 7.50. The number of amides is 1. The number of carbonyl (C=O) groups is 1. The molecule has 1 unspecified atom stereocenters. The fourth-order valence-corrected chi connectivity index (χ4v) is 2.33. The van der Waals surface area contributed by atoms with Gasteiger partial charge in [0.15, 0.2) is 0 Å². The molecule has 3 N–H and O–H groups in total. The summed E-state index contributed by atoms with van der Waals surface area (Å²) in [4.78, 5) is 9.71. The standard InChI is InChI=1S/C10H8F6O.C8H14.C6H14N2O.2C2H6/c1-17-5-6-2-7(9(11,12)13)4-8(3-6)10(14,15)16;1-4-6-7-8(3)5-2;1-6(7)3-2-4-8-5-9;2*1-2/h2-4H,5H2,1H3;4-5H,1,6-7H2,2-3H3;5-6H,2-4,7H2,1H3,(H,8,9);2*1-2H3/b;8-5-;;;. The third-order valence-corrected chi connectivity index (χ3v) is 4.26. The van der Waals surface area contributed by atoms with Gasteiger partial charge in [0.1, 0.15) is 0 Å². The van der Waals surface area contributed by atoms with Crippen LogP contribution in [0.1, 0.15) is 90.8 Å². The lowest BCUT2D eigenvalue weighted by atomic mass is 10.1. The van der Waals surface area contributed by atoms with Gasteiger partial charge in [0.2, 0.25) is 6.41 Å². The monoisotopic (exact) mass is 558 g/mol. The molecule has 38 heavy (non-hydrogen) atoms. The number of hydrogen-bond acceptors (Lipinski definition) is 3. The number of benzene rings is 1. The smallest absolute Gasteiger partial charge is 0.380 e. The lowest BCUT2D eigenvalue weighted by Gasteiger charge is -2.13. The molecular formula is C28H48F6N2O2. The highest BCUT2D eigenvalue weighted by Crippen LogP contribution is 2.36. The molecule has 1 aromatic rings. The lowest BCUT2D eigenvalue weighted by molar-refractivity contribution is -0.143. The minimum absolute atomic E-state index is 0.0825. The second-order valence-corrected chi connectivity index (χ2v) is 7.50. The van der Waals surface area contributed by atoms with E-state index in [-0.39, 0.29) is 24.3 Å². The van der Waals surface area contributed by atoms with Crippen molar-refractivity contribution in [1.29, 1.82) is 0 Å². The number of ether oxygens (including phenoxy) is 1. The molecule has 0 heterocycles. The first-order valence-corrected chi connectivity index (χ1v) is 12.6. The molecular weight excluding hydrogens is 510 g/mol. The quantitative estimate of drug-likeness (QED) is 0.131. The number of nitrogens with one attached hydrogen (secondary N) is 1. The van der Waals surface area contributed by atoms with Crippen LogP contribution < -0.4 is 11.1 Å². The van der Waals surface area contributed by atoms with Gasteiger partial charge in [-0.25, -0.2) is 0 Å². The molecule has 1 rings (SSSR count). The molecule has 0 aliphatic carbocycles. The molecule has 0 saturated heterocycles. The Bertz CT molecular complexity index is 699. The van der Waals surface area contributed by atoms with E-state index in [1.807, 2.05) is 40.7 Å². The molecule has 0 radical (unpaired) electrons. The highest BCUT2D eigenvalue weighted by atomic mass is 19.4. The van der Waals surface area contributed by atoms with E-state index >= 15 is 0 Å². The van der Waals surface area contributed by atoms with Crippen molar-refractivity contribution in [1.82, 2.24) is 5.32 Å². The minimum Gasteiger partial charge on any atom is -0.380 e. The van der Waals surface area contributed by atoms with Crippen molar-refractivity contribution in [3.63, 3.8) is 0 Å². The highest BCUT2D eigenvalue weighted by molar-refractivity contribution is 5.45. The van der Waals surface area contributed by atoms with Gasteiger partial charge in [0.25, 0.3) is 0 Å². The molecule has 0 bridgehead atoms. The summed E-state index contributed by atoms with van der Waals surface area (Å²) in [7, 11) is 1.19. The van der Waals surface area contributed by atoms with Gasteiger partial charge < -0.3 is 15.8 Å². The maximum absolute atomic E-state index is 12.4. The van der Waals surface area contributed by atoms with Crippen molar-refractivity contribution in [2.75, 3.05) is 13.7 Å². The zero-order chi connectivity index (χ0) is 30.8. The molecule has 0 saturated carbocycles. The van der Waals surface area contributed by atoms with Crippen molar-refractivity contribution < 1.29 is 35.9 Å². The summed E-state index contributed by atoms with van der Waals surface area (Å²) >= 11 is 0. The van der Waals surface area contributed by atoms with Crippen LogP contribution in [-0.4, -0.2) is 26.1 Å². The summed E-state index contributed by atoms with van der Waals surface area (Å²) in [5, 5.41) is 2.57. The summed E-state index contributed by atoms with van der Waals surface area (Å²) in [6.45, 7) is 18.2. The Morgan fingerprint density at radius 2 is 1.53 bits per heavy atom. The van der Waals surface area contributed by atoms with Crippen molar-refractivity contribution in [3.8, 4) is 0 Å². The SMILES string of the molecule is C=CCC/C(C)=C\C.CC.CC.CC(N)CCCNC=O.COCc1cc(C(F)(F)F)cc(C(F)(F)F)c1. The number of hydrogen-bond donors (Lipinski definition) is 2. The van der Waals surface area contributed by atoms with Gasteiger partial charge >= 0.3 is 12.4 Å². The average molecular weight is 559 g/mol. The van der Waals surface area contributed by atoms with Crippen molar-refractivity contribution in [2.24, 2.45) is 5.73 Å². The Kier molecular flexibility index (Phi) is 29.6. The minimum atomic E-state index is -4.82. The zero-order valence-corrected chi connectivity index (χ0v) is 24.2. The number of carbonyl (C=O) groups excluding carboxylic acids is 1. The van der Waals surface area contributed by atoms with E-state index in [4.69, 9.17) is 5.73 Å². The third-order valence-electron chi connectivity index (χ3n) is 4.26. The van der Waals surface area contributed by atoms with Crippen molar-refractivity contribution >= 4 is 6.41 Å². The van der Waals surface area contributed by atoms with E-state index in [0.29, 0.717) is 18.5 Å². The average Bonchev–Trinajstić information content (AvgIpc) is 2.87. The number of allylic oxidation sites excluding steroid dienone is 3. The second kappa shape index (κ2) is 26.3. The first-order chi connectivity index (χ1) is 17.7. The first-order valence-electron chi connectivity index (χ1n) is 12.6. The van der Waals surface area contributed by atoms with Crippen molar-refractivity contribution in [3.05, 3.63) is 59.2 Å². The molecule has 10 heteroatoms. The van der Waals surface area contributed by atoms with E-state index in [0.717, 1.165) is 25.8 Å². The summed E-state index contributed by atoms with van der Waals surface area (Å²) in [5.41, 5.74) is 4.07. The number of halogens is 6. The van der Waals surface area contributed by atoms with Crippen LogP contribution >= 0.6 is 0 Å². The molecule has 0 aliphatic heterocycles. The van der Waals surface area contributed by atoms with Crippen molar-refractivity contribution in [2.45, 2.75) is 99.2 Å². The van der Waals surface area contributed by atoms with E-state index < -0.39 is 23.5 Å². The number of nitrogens with two attached hydrogens (primary N) is 1. The van der Waals surface area contributed by atoms with Crippen LogP contribution in [0, 0.1) is 0 Å². The molecule has 1 atom stereocenters. The predicted octanol–water partition coefficient (Wildman–Crippen LogP) is 8.70. The van der Waals surface area contributed by atoms with Crippen LogP contribution in [0.2, 0.25) is 0 Å². The fraction of sp³-hybridized carbons (Fsp3) is 0.607. The summed E-state index contributed by atoms with van der Waals surface area (Å²) < 4.78 is 78.7. The fourth-order valence-electron chi connectivity index (χ4n) is 2.33. The van der Waals surface area contributed by atoms with Gasteiger partial charge in [-0.2, -0.15) is 26.3 Å². The number of alkyl halides is 6. The van der Waals surface area contributed by atoms with Gasteiger partial charge in [-0.05, 0) is 70.2 Å². The molecule has 0 aromatic heterocycles. The number of rotatable bonds is 10. The zero-order valence-electron chi connectivity index (χ0n) is 24.2. The van der Waals surface area contributed by atoms with Gasteiger partial charge in [-0.15, -0.1) is 6.58 Å². The Balaban J connectivity index is -0.000000234. The van der Waals surface area contributed by atoms with E-state index in [9.17, 15) is 31.1 Å². The Hall–Kier alpha value is -2.33. The third kappa shape index (κ3) is 26.7.